The lowest BCUT2D eigenvalue weighted by Crippen LogP contribution is -2.03. The Morgan fingerprint density at radius 1 is 1.67 bits per heavy atom. The molecule has 2 unspecified atom stereocenters. The molecule has 2 rings (SSSR count). The van der Waals surface area contributed by atoms with Gasteiger partial charge in [-0.2, -0.15) is 11.3 Å². The molecule has 0 saturated heterocycles. The average Bonchev–Trinajstić information content (AvgIpc) is 2.56. The molecule has 1 aliphatic rings. The molecule has 0 spiro atoms. The minimum atomic E-state index is -0.230. The minimum absolute atomic E-state index is 0.230. The van der Waals surface area contributed by atoms with E-state index in [2.05, 4.69) is 13.8 Å². The summed E-state index contributed by atoms with van der Waals surface area (Å²) >= 11 is 1.65. The van der Waals surface area contributed by atoms with E-state index in [0.717, 1.165) is 12.0 Å². The predicted molar refractivity (Wildman–Crippen MR) is 51.2 cm³/mol. The summed E-state index contributed by atoms with van der Waals surface area (Å²) in [5.41, 5.74) is 1.46. The van der Waals surface area contributed by atoms with E-state index in [1.807, 2.05) is 16.8 Å². The number of aliphatic hydroxyl groups excluding tert-OH is 1. The number of hydrogen-bond donors (Lipinski definition) is 1. The molecule has 1 aromatic rings. The highest BCUT2D eigenvalue weighted by molar-refractivity contribution is 7.07. The van der Waals surface area contributed by atoms with Gasteiger partial charge in [-0.25, -0.2) is 0 Å². The first-order chi connectivity index (χ1) is 5.61. The first-order valence-corrected chi connectivity index (χ1v) is 5.26. The maximum atomic E-state index is 9.89. The quantitative estimate of drug-likeness (QED) is 0.745. The highest BCUT2D eigenvalue weighted by Crippen LogP contribution is 2.57. The standard InChI is InChI=1S/C10H14OS/c1-10(2)5-8(10)9(11)7-3-4-12-6-7/h3-4,6,8-9,11H,5H2,1-2H3. The second-order valence-electron chi connectivity index (χ2n) is 4.30. The number of rotatable bonds is 2. The van der Waals surface area contributed by atoms with Crippen molar-refractivity contribution in [3.8, 4) is 0 Å². The van der Waals surface area contributed by atoms with E-state index in [1.54, 1.807) is 11.3 Å². The lowest BCUT2D eigenvalue weighted by atomic mass is 10.0. The van der Waals surface area contributed by atoms with Gasteiger partial charge in [0.15, 0.2) is 0 Å². The van der Waals surface area contributed by atoms with Gasteiger partial charge in [-0.15, -0.1) is 0 Å². The van der Waals surface area contributed by atoms with Crippen molar-refractivity contribution in [1.29, 1.82) is 0 Å². The SMILES string of the molecule is CC1(C)CC1C(O)c1ccsc1. The molecule has 1 saturated carbocycles. The lowest BCUT2D eigenvalue weighted by molar-refractivity contribution is 0.139. The molecular weight excluding hydrogens is 168 g/mol. The van der Waals surface area contributed by atoms with Crippen LogP contribution in [0.2, 0.25) is 0 Å². The summed E-state index contributed by atoms with van der Waals surface area (Å²) in [4.78, 5) is 0. The van der Waals surface area contributed by atoms with Crippen LogP contribution < -0.4 is 0 Å². The van der Waals surface area contributed by atoms with Crippen molar-refractivity contribution in [2.75, 3.05) is 0 Å². The van der Waals surface area contributed by atoms with Gasteiger partial charge >= 0.3 is 0 Å². The fourth-order valence-corrected chi connectivity index (χ4v) is 2.41. The molecule has 1 N–H and O–H groups in total. The van der Waals surface area contributed by atoms with Crippen LogP contribution in [0, 0.1) is 11.3 Å². The van der Waals surface area contributed by atoms with Crippen LogP contribution in [0.3, 0.4) is 0 Å². The monoisotopic (exact) mass is 182 g/mol. The molecule has 2 atom stereocenters. The zero-order chi connectivity index (χ0) is 8.77. The van der Waals surface area contributed by atoms with Gasteiger partial charge in [-0.05, 0) is 40.1 Å². The van der Waals surface area contributed by atoms with Gasteiger partial charge in [0.1, 0.15) is 0 Å². The van der Waals surface area contributed by atoms with Crippen molar-refractivity contribution in [3.63, 3.8) is 0 Å². The topological polar surface area (TPSA) is 20.2 Å². The maximum absolute atomic E-state index is 9.89. The zero-order valence-electron chi connectivity index (χ0n) is 7.45. The van der Waals surface area contributed by atoms with Crippen LogP contribution in [0.4, 0.5) is 0 Å². The maximum Gasteiger partial charge on any atom is 0.0831 e. The summed E-state index contributed by atoms with van der Waals surface area (Å²) in [7, 11) is 0. The van der Waals surface area contributed by atoms with Crippen molar-refractivity contribution in [3.05, 3.63) is 22.4 Å². The molecule has 2 heteroatoms. The van der Waals surface area contributed by atoms with Gasteiger partial charge in [0.05, 0.1) is 6.10 Å². The number of hydrogen-bond acceptors (Lipinski definition) is 2. The van der Waals surface area contributed by atoms with Crippen molar-refractivity contribution < 1.29 is 5.11 Å². The molecular formula is C10H14OS. The summed E-state index contributed by atoms with van der Waals surface area (Å²) in [6, 6.07) is 2.02. The van der Waals surface area contributed by atoms with Crippen molar-refractivity contribution in [2.24, 2.45) is 11.3 Å². The van der Waals surface area contributed by atoms with Crippen LogP contribution >= 0.6 is 11.3 Å². The summed E-state index contributed by atoms with van der Waals surface area (Å²) in [5, 5.41) is 14.0. The Morgan fingerprint density at radius 3 is 2.75 bits per heavy atom. The van der Waals surface area contributed by atoms with Crippen LogP contribution in [-0.4, -0.2) is 5.11 Å². The van der Waals surface area contributed by atoms with E-state index in [0.29, 0.717) is 11.3 Å². The Balaban J connectivity index is 2.08. The molecule has 1 heterocycles. The van der Waals surface area contributed by atoms with E-state index in [9.17, 15) is 5.11 Å². The molecule has 0 aliphatic heterocycles. The van der Waals surface area contributed by atoms with E-state index >= 15 is 0 Å². The van der Waals surface area contributed by atoms with E-state index in [1.165, 1.54) is 0 Å². The van der Waals surface area contributed by atoms with Crippen LogP contribution in [0.1, 0.15) is 31.9 Å². The largest absolute Gasteiger partial charge is 0.388 e. The van der Waals surface area contributed by atoms with Gasteiger partial charge in [0.2, 0.25) is 0 Å². The molecule has 0 bridgehead atoms. The third kappa shape index (κ3) is 1.29. The molecule has 1 aliphatic carbocycles. The zero-order valence-corrected chi connectivity index (χ0v) is 8.27. The molecule has 0 amide bonds. The van der Waals surface area contributed by atoms with Crippen molar-refractivity contribution in [2.45, 2.75) is 26.4 Å². The first kappa shape index (κ1) is 8.27. The Bertz CT molecular complexity index is 263. The van der Waals surface area contributed by atoms with Crippen molar-refractivity contribution >= 4 is 11.3 Å². The Hall–Kier alpha value is -0.340. The minimum Gasteiger partial charge on any atom is -0.388 e. The van der Waals surface area contributed by atoms with Gasteiger partial charge in [-0.3, -0.25) is 0 Å². The van der Waals surface area contributed by atoms with Crippen LogP contribution in [0.5, 0.6) is 0 Å². The Kier molecular flexibility index (Phi) is 1.77. The highest BCUT2D eigenvalue weighted by atomic mass is 32.1. The fraction of sp³-hybridized carbons (Fsp3) is 0.600. The van der Waals surface area contributed by atoms with Gasteiger partial charge < -0.3 is 5.11 Å². The number of aliphatic hydroxyl groups is 1. The summed E-state index contributed by atoms with van der Waals surface area (Å²) in [6.45, 7) is 4.43. The molecule has 66 valence electrons. The normalized spacial score (nSPS) is 28.4. The van der Waals surface area contributed by atoms with Gasteiger partial charge in [-0.1, -0.05) is 13.8 Å². The van der Waals surface area contributed by atoms with E-state index < -0.39 is 0 Å². The van der Waals surface area contributed by atoms with Gasteiger partial charge in [0.25, 0.3) is 0 Å². The summed E-state index contributed by atoms with van der Waals surface area (Å²) in [5.74, 6) is 0.479. The molecule has 1 aromatic heterocycles. The fourth-order valence-electron chi connectivity index (χ4n) is 1.72. The summed E-state index contributed by atoms with van der Waals surface area (Å²) in [6.07, 6.45) is 0.926. The molecule has 1 fully saturated rings. The van der Waals surface area contributed by atoms with Crippen LogP contribution in [-0.2, 0) is 0 Å². The van der Waals surface area contributed by atoms with E-state index in [4.69, 9.17) is 0 Å². The summed E-state index contributed by atoms with van der Waals surface area (Å²) < 4.78 is 0. The van der Waals surface area contributed by atoms with E-state index in [-0.39, 0.29) is 6.10 Å². The molecule has 12 heavy (non-hydrogen) atoms. The third-order valence-corrected chi connectivity index (χ3v) is 3.56. The second kappa shape index (κ2) is 2.57. The Labute approximate surface area is 77.0 Å². The lowest BCUT2D eigenvalue weighted by Gasteiger charge is -2.09. The van der Waals surface area contributed by atoms with Crippen LogP contribution in [0.15, 0.2) is 16.8 Å². The molecule has 1 nitrogen and oxygen atoms in total. The number of thiophene rings is 1. The van der Waals surface area contributed by atoms with Crippen molar-refractivity contribution in [1.82, 2.24) is 0 Å². The predicted octanol–water partition coefficient (Wildman–Crippen LogP) is 2.83. The third-order valence-electron chi connectivity index (χ3n) is 2.86. The first-order valence-electron chi connectivity index (χ1n) is 4.31. The van der Waals surface area contributed by atoms with Gasteiger partial charge in [0, 0.05) is 0 Å². The second-order valence-corrected chi connectivity index (χ2v) is 5.08. The Morgan fingerprint density at radius 2 is 2.33 bits per heavy atom. The highest BCUT2D eigenvalue weighted by Gasteiger charge is 2.50. The van der Waals surface area contributed by atoms with Crippen LogP contribution in [0.25, 0.3) is 0 Å². The smallest absolute Gasteiger partial charge is 0.0831 e. The molecule has 0 radical (unpaired) electrons. The molecule has 0 aromatic carbocycles. The average molecular weight is 182 g/mol.